The van der Waals surface area contributed by atoms with Gasteiger partial charge >= 0.3 is 0 Å². The summed E-state index contributed by atoms with van der Waals surface area (Å²) in [6.07, 6.45) is 3.25. The van der Waals surface area contributed by atoms with Gasteiger partial charge in [-0.05, 0) is 72.7 Å². The zero-order valence-electron chi connectivity index (χ0n) is 18.5. The largest absolute Gasteiger partial charge is 0.497 e. The van der Waals surface area contributed by atoms with Crippen molar-refractivity contribution < 1.29 is 23.7 Å². The van der Waals surface area contributed by atoms with Crippen LogP contribution in [0.25, 0.3) is 6.08 Å². The van der Waals surface area contributed by atoms with Gasteiger partial charge in [0.25, 0.3) is 0 Å². The maximum atomic E-state index is 12.8. The van der Waals surface area contributed by atoms with E-state index in [1.807, 2.05) is 37.3 Å². The normalized spacial score (nSPS) is 10.8. The molecule has 32 heavy (non-hydrogen) atoms. The molecule has 0 aliphatic heterocycles. The molecule has 0 atom stereocenters. The number of ketones is 1. The molecular weight excluding hydrogens is 428 g/mol. The highest BCUT2D eigenvalue weighted by atomic mass is 35.5. The summed E-state index contributed by atoms with van der Waals surface area (Å²) >= 11 is 6.02. The number of halogens is 1. The number of hydrogen-bond donors (Lipinski definition) is 0. The monoisotopic (exact) mass is 452 g/mol. The minimum absolute atomic E-state index is 0.189. The lowest BCUT2D eigenvalue weighted by Crippen LogP contribution is -2.01. The second-order valence-electron chi connectivity index (χ2n) is 7.03. The minimum Gasteiger partial charge on any atom is -0.497 e. The summed E-state index contributed by atoms with van der Waals surface area (Å²) in [6, 6.07) is 16.3. The van der Waals surface area contributed by atoms with Crippen LogP contribution in [0.1, 0.15) is 27.0 Å². The van der Waals surface area contributed by atoms with Crippen LogP contribution in [0.2, 0.25) is 5.02 Å². The van der Waals surface area contributed by atoms with Crippen LogP contribution in [0.4, 0.5) is 0 Å². The van der Waals surface area contributed by atoms with E-state index in [0.29, 0.717) is 34.4 Å². The lowest BCUT2D eigenvalue weighted by molar-refractivity contribution is 0.104. The summed E-state index contributed by atoms with van der Waals surface area (Å²) in [4.78, 5) is 12.8. The molecule has 0 spiro atoms. The molecule has 0 fully saturated rings. The van der Waals surface area contributed by atoms with E-state index in [1.54, 1.807) is 44.6 Å². The number of allylic oxidation sites excluding steroid dienone is 1. The van der Waals surface area contributed by atoms with E-state index in [4.69, 9.17) is 30.5 Å². The fourth-order valence-corrected chi connectivity index (χ4v) is 3.44. The van der Waals surface area contributed by atoms with Crippen LogP contribution in [-0.4, -0.2) is 27.1 Å². The van der Waals surface area contributed by atoms with Crippen LogP contribution < -0.4 is 18.9 Å². The molecule has 0 unspecified atom stereocenters. The molecule has 0 N–H and O–H groups in total. The van der Waals surface area contributed by atoms with E-state index in [1.165, 1.54) is 13.2 Å². The molecule has 0 saturated heterocycles. The smallest absolute Gasteiger partial charge is 0.189 e. The standard InChI is InChI=1S/C26H25ClO5/c1-17-13-20(27)7-11-24(17)32-16-19-14-18(6-10-25(19)30-3)5-9-23(28)22-15-21(29-2)8-12-26(22)31-4/h5-15H,16H2,1-4H3/b9-5+. The van der Waals surface area contributed by atoms with Gasteiger partial charge in [-0.3, -0.25) is 4.79 Å². The Morgan fingerprint density at radius 1 is 0.875 bits per heavy atom. The molecular formula is C26H25ClO5. The molecule has 0 aromatic heterocycles. The van der Waals surface area contributed by atoms with Crippen LogP contribution in [0.3, 0.4) is 0 Å². The molecule has 0 radical (unpaired) electrons. The number of rotatable bonds is 9. The first-order chi connectivity index (χ1) is 15.4. The van der Waals surface area contributed by atoms with Crippen LogP contribution in [0.5, 0.6) is 23.0 Å². The molecule has 5 nitrogen and oxygen atoms in total. The zero-order valence-corrected chi connectivity index (χ0v) is 19.2. The molecule has 6 heteroatoms. The molecule has 3 aromatic carbocycles. The van der Waals surface area contributed by atoms with Crippen molar-refractivity contribution in [3.05, 3.63) is 87.9 Å². The highest BCUT2D eigenvalue weighted by molar-refractivity contribution is 6.30. The maximum Gasteiger partial charge on any atom is 0.189 e. The fraction of sp³-hybridized carbons (Fsp3) is 0.192. The number of benzene rings is 3. The van der Waals surface area contributed by atoms with Crippen LogP contribution in [0, 0.1) is 6.92 Å². The molecule has 166 valence electrons. The Labute approximate surface area is 193 Å². The first kappa shape index (κ1) is 23.2. The lowest BCUT2D eigenvalue weighted by atomic mass is 10.1. The fourth-order valence-electron chi connectivity index (χ4n) is 3.21. The first-order valence-corrected chi connectivity index (χ1v) is 10.3. The van der Waals surface area contributed by atoms with Crippen LogP contribution in [0.15, 0.2) is 60.7 Å². The van der Waals surface area contributed by atoms with E-state index in [9.17, 15) is 4.79 Å². The van der Waals surface area contributed by atoms with E-state index in [-0.39, 0.29) is 5.78 Å². The number of methoxy groups -OCH3 is 3. The van der Waals surface area contributed by atoms with Crippen molar-refractivity contribution in [3.63, 3.8) is 0 Å². The van der Waals surface area contributed by atoms with Crippen molar-refractivity contribution in [1.29, 1.82) is 0 Å². The number of aryl methyl sites for hydroxylation is 1. The van der Waals surface area contributed by atoms with E-state index >= 15 is 0 Å². The molecule has 0 amide bonds. The summed E-state index contributed by atoms with van der Waals surface area (Å²) < 4.78 is 22.0. The maximum absolute atomic E-state index is 12.8. The van der Waals surface area contributed by atoms with Gasteiger partial charge in [0, 0.05) is 10.6 Å². The van der Waals surface area contributed by atoms with Gasteiger partial charge in [0.15, 0.2) is 5.78 Å². The predicted octanol–water partition coefficient (Wildman–Crippen LogP) is 6.15. The number of carbonyl (C=O) groups excluding carboxylic acids is 1. The highest BCUT2D eigenvalue weighted by Crippen LogP contribution is 2.27. The SMILES string of the molecule is COc1ccc(OC)c(C(=O)/C=C/c2ccc(OC)c(COc3ccc(Cl)cc3C)c2)c1. The van der Waals surface area contributed by atoms with Gasteiger partial charge in [-0.25, -0.2) is 0 Å². The quantitative estimate of drug-likeness (QED) is 0.288. The van der Waals surface area contributed by atoms with Crippen molar-refractivity contribution in [3.8, 4) is 23.0 Å². The van der Waals surface area contributed by atoms with E-state index < -0.39 is 0 Å². The Bertz CT molecular complexity index is 1140. The van der Waals surface area contributed by atoms with E-state index in [0.717, 1.165) is 22.4 Å². The number of hydrogen-bond acceptors (Lipinski definition) is 5. The number of ether oxygens (including phenoxy) is 4. The minimum atomic E-state index is -0.189. The molecule has 0 aliphatic carbocycles. The Kier molecular flexibility index (Phi) is 7.79. The summed E-state index contributed by atoms with van der Waals surface area (Å²) in [5.41, 5.74) is 3.08. The second kappa shape index (κ2) is 10.7. The third kappa shape index (κ3) is 5.62. The van der Waals surface area contributed by atoms with Gasteiger partial charge in [-0.2, -0.15) is 0 Å². The van der Waals surface area contributed by atoms with E-state index in [2.05, 4.69) is 0 Å². The predicted molar refractivity (Wildman–Crippen MR) is 126 cm³/mol. The van der Waals surface area contributed by atoms with Gasteiger partial charge in [0.2, 0.25) is 0 Å². The topological polar surface area (TPSA) is 54.0 Å². The van der Waals surface area contributed by atoms with Crippen molar-refractivity contribution in [2.45, 2.75) is 13.5 Å². The Balaban J connectivity index is 1.80. The van der Waals surface area contributed by atoms with Crippen molar-refractivity contribution >= 4 is 23.5 Å². The molecule has 0 saturated carbocycles. The summed E-state index contributed by atoms with van der Waals surface area (Å²) in [5, 5.41) is 0.664. The van der Waals surface area contributed by atoms with Gasteiger partial charge < -0.3 is 18.9 Å². The Morgan fingerprint density at radius 2 is 1.59 bits per heavy atom. The summed E-state index contributed by atoms with van der Waals surface area (Å²) in [7, 11) is 4.69. The van der Waals surface area contributed by atoms with Crippen molar-refractivity contribution in [2.75, 3.05) is 21.3 Å². The third-order valence-electron chi connectivity index (χ3n) is 4.92. The van der Waals surface area contributed by atoms with Crippen molar-refractivity contribution in [2.24, 2.45) is 0 Å². The lowest BCUT2D eigenvalue weighted by Gasteiger charge is -2.13. The van der Waals surface area contributed by atoms with Gasteiger partial charge in [0.05, 0.1) is 26.9 Å². The summed E-state index contributed by atoms with van der Waals surface area (Å²) in [6.45, 7) is 2.25. The zero-order chi connectivity index (χ0) is 23.1. The molecule has 3 rings (SSSR count). The average Bonchev–Trinajstić information content (AvgIpc) is 2.81. The van der Waals surface area contributed by atoms with Gasteiger partial charge in [0.1, 0.15) is 29.6 Å². The molecule has 0 bridgehead atoms. The van der Waals surface area contributed by atoms with Crippen LogP contribution in [-0.2, 0) is 6.61 Å². The van der Waals surface area contributed by atoms with Crippen molar-refractivity contribution in [1.82, 2.24) is 0 Å². The van der Waals surface area contributed by atoms with Gasteiger partial charge in [-0.15, -0.1) is 0 Å². The Morgan fingerprint density at radius 3 is 2.28 bits per heavy atom. The first-order valence-electron chi connectivity index (χ1n) is 9.95. The number of carbonyl (C=O) groups is 1. The average molecular weight is 453 g/mol. The summed E-state index contributed by atoms with van der Waals surface area (Å²) in [5.74, 6) is 2.34. The highest BCUT2D eigenvalue weighted by Gasteiger charge is 2.12. The Hall–Kier alpha value is -3.44. The van der Waals surface area contributed by atoms with Gasteiger partial charge in [-0.1, -0.05) is 23.7 Å². The molecule has 3 aromatic rings. The van der Waals surface area contributed by atoms with Crippen LogP contribution >= 0.6 is 11.6 Å². The molecule has 0 aliphatic rings. The second-order valence-corrected chi connectivity index (χ2v) is 7.47. The molecule has 0 heterocycles. The third-order valence-corrected chi connectivity index (χ3v) is 5.16.